The van der Waals surface area contributed by atoms with Crippen LogP contribution in [0.15, 0.2) is 57.2 Å². The van der Waals surface area contributed by atoms with Crippen molar-refractivity contribution >= 4 is 43.9 Å². The fraction of sp³-hybridized carbons (Fsp3) is 0.0625. The third-order valence-electron chi connectivity index (χ3n) is 3.38. The first-order chi connectivity index (χ1) is 10.7. The van der Waals surface area contributed by atoms with E-state index in [1.165, 1.54) is 0 Å². The fourth-order valence-electron chi connectivity index (χ4n) is 2.34. The van der Waals surface area contributed by atoms with Crippen molar-refractivity contribution in [2.75, 3.05) is 0 Å². The van der Waals surface area contributed by atoms with Crippen LogP contribution >= 0.6 is 11.3 Å². The minimum Gasteiger partial charge on any atom is -0.507 e. The number of rotatable bonds is 2. The Morgan fingerprint density at radius 1 is 1.09 bits per heavy atom. The van der Waals surface area contributed by atoms with Gasteiger partial charge in [-0.15, -0.1) is 21.6 Å². The van der Waals surface area contributed by atoms with Gasteiger partial charge in [-0.2, -0.15) is 0 Å². The number of hydrogen-bond acceptors (Lipinski definition) is 6. The van der Waals surface area contributed by atoms with E-state index in [1.807, 2.05) is 37.3 Å². The van der Waals surface area contributed by atoms with Crippen molar-refractivity contribution in [2.45, 2.75) is 6.92 Å². The van der Waals surface area contributed by atoms with E-state index >= 15 is 0 Å². The molecule has 0 aliphatic rings. The van der Waals surface area contributed by atoms with E-state index in [2.05, 4.69) is 15.4 Å². The molecule has 0 atom stereocenters. The van der Waals surface area contributed by atoms with Crippen LogP contribution in [0.3, 0.4) is 0 Å². The van der Waals surface area contributed by atoms with Gasteiger partial charge in [0.2, 0.25) is 0 Å². The Bertz CT molecular complexity index is 1020. The first-order valence-electron chi connectivity index (χ1n) is 6.70. The first-order valence-corrected chi connectivity index (χ1v) is 7.52. The van der Waals surface area contributed by atoms with Gasteiger partial charge in [-0.3, -0.25) is 0 Å². The highest BCUT2D eigenvalue weighted by Crippen LogP contribution is 2.39. The normalized spacial score (nSPS) is 11.9. The highest BCUT2D eigenvalue weighted by molar-refractivity contribution is 7.19. The van der Waals surface area contributed by atoms with Gasteiger partial charge >= 0.3 is 0 Å². The fourth-order valence-corrected chi connectivity index (χ4v) is 3.33. The molecule has 4 rings (SSSR count). The van der Waals surface area contributed by atoms with Crippen molar-refractivity contribution in [2.24, 2.45) is 10.2 Å². The largest absolute Gasteiger partial charge is 0.507 e. The number of hydrogen-bond donors (Lipinski definition) is 1. The van der Waals surface area contributed by atoms with Crippen molar-refractivity contribution in [3.63, 3.8) is 0 Å². The molecule has 5 nitrogen and oxygen atoms in total. The molecule has 6 heteroatoms. The molecule has 0 unspecified atom stereocenters. The maximum atomic E-state index is 9.91. The summed E-state index contributed by atoms with van der Waals surface area (Å²) < 4.78 is 6.13. The highest BCUT2D eigenvalue weighted by Gasteiger charge is 2.10. The number of aryl methyl sites for hydroxylation is 1. The second-order valence-corrected chi connectivity index (χ2v) is 6.16. The quantitative estimate of drug-likeness (QED) is 0.499. The molecule has 0 saturated heterocycles. The average molecular weight is 309 g/mol. The Labute approximate surface area is 129 Å². The first kappa shape index (κ1) is 13.0. The molecule has 22 heavy (non-hydrogen) atoms. The lowest BCUT2D eigenvalue weighted by atomic mass is 10.2. The topological polar surface area (TPSA) is 71.0 Å². The molecule has 0 radical (unpaired) electrons. The molecule has 1 N–H and O–H groups in total. The van der Waals surface area contributed by atoms with Crippen LogP contribution < -0.4 is 0 Å². The minimum atomic E-state index is 0.253. The van der Waals surface area contributed by atoms with Crippen LogP contribution in [0.25, 0.3) is 21.0 Å². The van der Waals surface area contributed by atoms with Crippen molar-refractivity contribution in [1.29, 1.82) is 0 Å². The molecule has 2 heterocycles. The molecular weight excluding hydrogens is 298 g/mol. The molecule has 0 spiro atoms. The Kier molecular flexibility index (Phi) is 2.90. The van der Waals surface area contributed by atoms with E-state index in [1.54, 1.807) is 23.5 Å². The summed E-state index contributed by atoms with van der Waals surface area (Å²) >= 11 is 1.57. The number of aromatic nitrogens is 1. The van der Waals surface area contributed by atoms with Gasteiger partial charge < -0.3 is 9.63 Å². The number of phenols is 1. The van der Waals surface area contributed by atoms with Gasteiger partial charge in [-0.25, -0.2) is 0 Å². The molecule has 0 aliphatic carbocycles. The maximum absolute atomic E-state index is 9.91. The number of nitrogens with zero attached hydrogens (tertiary/aromatic N) is 3. The van der Waals surface area contributed by atoms with E-state index in [4.69, 9.17) is 4.52 Å². The second-order valence-electron chi connectivity index (χ2n) is 4.91. The molecule has 0 bridgehead atoms. The molecular formula is C16H11N3O2S. The van der Waals surface area contributed by atoms with Crippen LogP contribution in [0, 0.1) is 6.92 Å². The summed E-state index contributed by atoms with van der Waals surface area (Å²) in [5, 5.41) is 23.9. The molecule has 2 aromatic heterocycles. The third-order valence-corrected chi connectivity index (χ3v) is 4.45. The summed E-state index contributed by atoms with van der Waals surface area (Å²) in [6.07, 6.45) is 0. The van der Waals surface area contributed by atoms with Crippen molar-refractivity contribution in [1.82, 2.24) is 5.16 Å². The van der Waals surface area contributed by atoms with Crippen molar-refractivity contribution in [3.8, 4) is 5.75 Å². The molecule has 4 aromatic rings. The minimum absolute atomic E-state index is 0.253. The van der Waals surface area contributed by atoms with Gasteiger partial charge in [0.25, 0.3) is 5.88 Å². The van der Waals surface area contributed by atoms with E-state index < -0.39 is 0 Å². The molecule has 0 aliphatic heterocycles. The van der Waals surface area contributed by atoms with E-state index in [9.17, 15) is 5.11 Å². The zero-order chi connectivity index (χ0) is 15.1. The molecule has 108 valence electrons. The van der Waals surface area contributed by atoms with Crippen LogP contribution in [0.2, 0.25) is 0 Å². The van der Waals surface area contributed by atoms with Crippen LogP contribution in [0.1, 0.15) is 4.88 Å². The van der Waals surface area contributed by atoms with Crippen LogP contribution in [-0.2, 0) is 0 Å². The van der Waals surface area contributed by atoms with Crippen LogP contribution in [0.4, 0.5) is 11.6 Å². The number of thiophene rings is 1. The monoisotopic (exact) mass is 309 g/mol. The second kappa shape index (κ2) is 4.92. The highest BCUT2D eigenvalue weighted by atomic mass is 32.1. The summed E-state index contributed by atoms with van der Waals surface area (Å²) in [5.74, 6) is 0.633. The van der Waals surface area contributed by atoms with Crippen LogP contribution in [0.5, 0.6) is 5.75 Å². The zero-order valence-electron chi connectivity index (χ0n) is 11.6. The Hall–Kier alpha value is -2.73. The summed E-state index contributed by atoms with van der Waals surface area (Å²) in [6, 6.07) is 12.9. The summed E-state index contributed by atoms with van der Waals surface area (Å²) in [6.45, 7) is 2.00. The number of azo groups is 1. The zero-order valence-corrected chi connectivity index (χ0v) is 12.5. The smallest absolute Gasteiger partial charge is 0.277 e. The van der Waals surface area contributed by atoms with Gasteiger partial charge in [0.05, 0.1) is 10.1 Å². The SMILES string of the molecule is Cc1cc2c(O)ccc(N=Nc3onc4ccccc34)c2s1. The number of aromatic hydroxyl groups is 1. The standard InChI is InChI=1S/C16H11N3O2S/c1-9-8-11-14(20)7-6-13(15(11)22-9)17-18-16-10-4-2-3-5-12(10)19-21-16/h2-8,20H,1H3. The number of benzene rings is 2. The van der Waals surface area contributed by atoms with E-state index in [-0.39, 0.29) is 5.75 Å². The predicted molar refractivity (Wildman–Crippen MR) is 86.4 cm³/mol. The lowest BCUT2D eigenvalue weighted by Crippen LogP contribution is -1.68. The van der Waals surface area contributed by atoms with Crippen molar-refractivity contribution in [3.05, 3.63) is 47.3 Å². The summed E-state index contributed by atoms with van der Waals surface area (Å²) in [4.78, 5) is 1.11. The third kappa shape index (κ3) is 2.05. The maximum Gasteiger partial charge on any atom is 0.277 e. The summed E-state index contributed by atoms with van der Waals surface area (Å²) in [7, 11) is 0. The lowest BCUT2D eigenvalue weighted by Gasteiger charge is -1.97. The van der Waals surface area contributed by atoms with Gasteiger partial charge in [0.15, 0.2) is 0 Å². The van der Waals surface area contributed by atoms with E-state index in [0.29, 0.717) is 11.6 Å². The lowest BCUT2D eigenvalue weighted by molar-refractivity contribution is 0.436. The molecule has 0 amide bonds. The van der Waals surface area contributed by atoms with Gasteiger partial charge in [-0.1, -0.05) is 17.3 Å². The Morgan fingerprint density at radius 2 is 1.95 bits per heavy atom. The van der Waals surface area contributed by atoms with E-state index in [0.717, 1.165) is 25.9 Å². The van der Waals surface area contributed by atoms with Crippen LogP contribution in [-0.4, -0.2) is 10.3 Å². The van der Waals surface area contributed by atoms with Crippen molar-refractivity contribution < 1.29 is 9.63 Å². The van der Waals surface area contributed by atoms with Gasteiger partial charge in [0, 0.05) is 10.3 Å². The number of fused-ring (bicyclic) bond motifs is 2. The molecule has 0 fully saturated rings. The van der Waals surface area contributed by atoms with Gasteiger partial charge in [0.1, 0.15) is 17.0 Å². The average Bonchev–Trinajstić information content (AvgIpc) is 3.11. The van der Waals surface area contributed by atoms with Gasteiger partial charge in [-0.05, 0) is 37.3 Å². The Balaban J connectivity index is 1.82. The molecule has 2 aromatic carbocycles. The number of phenolic OH excluding ortho intramolecular Hbond substituents is 1. The summed E-state index contributed by atoms with van der Waals surface area (Å²) in [5.41, 5.74) is 1.45. The Morgan fingerprint density at radius 3 is 2.86 bits per heavy atom. The predicted octanol–water partition coefficient (Wildman–Crippen LogP) is 5.47. The molecule has 0 saturated carbocycles.